The van der Waals surface area contributed by atoms with E-state index >= 15 is 0 Å². The third-order valence-corrected chi connectivity index (χ3v) is 4.82. The topological polar surface area (TPSA) is 118 Å². The van der Waals surface area contributed by atoms with Crippen molar-refractivity contribution >= 4 is 22.8 Å². The highest BCUT2D eigenvalue weighted by Gasteiger charge is 2.38. The van der Waals surface area contributed by atoms with Gasteiger partial charge in [0.25, 0.3) is 0 Å². The van der Waals surface area contributed by atoms with E-state index in [1.807, 2.05) is 24.3 Å². The van der Waals surface area contributed by atoms with E-state index in [1.54, 1.807) is 20.0 Å². The minimum absolute atomic E-state index is 0.178. The summed E-state index contributed by atoms with van der Waals surface area (Å²) in [4.78, 5) is 26.2. The minimum Gasteiger partial charge on any atom is -0.478 e. The Morgan fingerprint density at radius 2 is 2.14 bits per heavy atom. The van der Waals surface area contributed by atoms with Crippen molar-refractivity contribution in [3.05, 3.63) is 48.2 Å². The van der Waals surface area contributed by atoms with E-state index < -0.39 is 36.5 Å². The van der Waals surface area contributed by atoms with Gasteiger partial charge in [0.05, 0.1) is 17.8 Å². The lowest BCUT2D eigenvalue weighted by molar-refractivity contribution is -0.272. The van der Waals surface area contributed by atoms with Crippen LogP contribution in [0.4, 0.5) is 0 Å². The molecule has 0 spiro atoms. The number of aromatic amines is 1. The summed E-state index contributed by atoms with van der Waals surface area (Å²) in [5.41, 5.74) is 1.27. The molecule has 2 heterocycles. The summed E-state index contributed by atoms with van der Waals surface area (Å²) >= 11 is 0. The summed E-state index contributed by atoms with van der Waals surface area (Å²) in [7, 11) is 0. The number of aliphatic hydroxyl groups is 1. The number of aliphatic hydroxyl groups excluding tert-OH is 1. The van der Waals surface area contributed by atoms with Gasteiger partial charge in [0.2, 0.25) is 0 Å². The number of para-hydroxylation sites is 1. The van der Waals surface area contributed by atoms with Gasteiger partial charge < -0.3 is 29.4 Å². The number of carbonyl (C=O) groups excluding carboxylic acids is 1. The van der Waals surface area contributed by atoms with E-state index in [-0.39, 0.29) is 12.5 Å². The standard InChI is InChI=1S/C21H25NO7/c1-12(6-5-9-19(24)25)27-21-17(23)10-18(13(2)28-21)29-20(26)15-11-22-16-8-4-3-7-14(15)16/h3-5,7-9,11-13,17-18,21-23H,6,10H2,1-2H3,(H,24,25)/b9-5+/t12-,13?,17+,18-,21-/m1/s1. The number of carboxylic acids is 1. The Balaban J connectivity index is 1.57. The van der Waals surface area contributed by atoms with E-state index in [0.29, 0.717) is 12.0 Å². The van der Waals surface area contributed by atoms with Gasteiger partial charge in [0.1, 0.15) is 12.2 Å². The first-order chi connectivity index (χ1) is 13.8. The molecular formula is C21H25NO7. The molecule has 5 atom stereocenters. The lowest BCUT2D eigenvalue weighted by Gasteiger charge is -2.38. The number of aliphatic carboxylic acids is 1. The van der Waals surface area contributed by atoms with Gasteiger partial charge in [-0.2, -0.15) is 0 Å². The highest BCUT2D eigenvalue weighted by atomic mass is 16.7. The molecule has 2 aromatic rings. The number of carboxylic acid groups (broad SMARTS) is 1. The predicted octanol–water partition coefficient (Wildman–Crippen LogP) is 2.63. The lowest BCUT2D eigenvalue weighted by Crippen LogP contribution is -2.49. The maximum absolute atomic E-state index is 12.6. The molecule has 0 aliphatic carbocycles. The number of benzene rings is 1. The Bertz CT molecular complexity index is 890. The number of ether oxygens (including phenoxy) is 3. The Morgan fingerprint density at radius 1 is 1.38 bits per heavy atom. The maximum atomic E-state index is 12.6. The zero-order chi connectivity index (χ0) is 21.0. The van der Waals surface area contributed by atoms with Crippen LogP contribution in [-0.4, -0.2) is 57.8 Å². The molecule has 29 heavy (non-hydrogen) atoms. The summed E-state index contributed by atoms with van der Waals surface area (Å²) in [6, 6.07) is 7.43. The average molecular weight is 403 g/mol. The fraction of sp³-hybridized carbons (Fsp3) is 0.429. The second kappa shape index (κ2) is 9.21. The van der Waals surface area contributed by atoms with Crippen LogP contribution in [0.1, 0.15) is 37.0 Å². The molecule has 8 heteroatoms. The maximum Gasteiger partial charge on any atom is 0.340 e. The fourth-order valence-corrected chi connectivity index (χ4v) is 3.28. The fourth-order valence-electron chi connectivity index (χ4n) is 3.28. The molecule has 1 saturated heterocycles. The normalized spacial score (nSPS) is 25.9. The highest BCUT2D eigenvalue weighted by Crippen LogP contribution is 2.27. The van der Waals surface area contributed by atoms with Gasteiger partial charge in [0.15, 0.2) is 6.29 Å². The number of rotatable bonds is 7. The number of nitrogens with one attached hydrogen (secondary N) is 1. The first kappa shape index (κ1) is 21.0. The van der Waals surface area contributed by atoms with Crippen molar-refractivity contribution in [1.82, 2.24) is 4.98 Å². The molecule has 1 aliphatic heterocycles. The summed E-state index contributed by atoms with van der Waals surface area (Å²) < 4.78 is 17.0. The summed E-state index contributed by atoms with van der Waals surface area (Å²) in [5.74, 6) is -1.51. The predicted molar refractivity (Wildman–Crippen MR) is 104 cm³/mol. The van der Waals surface area contributed by atoms with E-state index in [4.69, 9.17) is 19.3 Å². The Labute approximate surface area is 168 Å². The molecule has 1 aliphatic rings. The molecule has 1 aromatic heterocycles. The van der Waals surface area contributed by atoms with Crippen molar-refractivity contribution in [2.24, 2.45) is 0 Å². The van der Waals surface area contributed by atoms with Gasteiger partial charge >= 0.3 is 11.9 Å². The van der Waals surface area contributed by atoms with Crippen LogP contribution in [0.5, 0.6) is 0 Å². The molecule has 1 unspecified atom stereocenters. The molecule has 0 saturated carbocycles. The minimum atomic E-state index is -1.03. The van der Waals surface area contributed by atoms with Crippen LogP contribution in [0.25, 0.3) is 10.9 Å². The van der Waals surface area contributed by atoms with Crippen molar-refractivity contribution < 1.29 is 34.0 Å². The van der Waals surface area contributed by atoms with Crippen molar-refractivity contribution in [3.8, 4) is 0 Å². The molecule has 0 radical (unpaired) electrons. The van der Waals surface area contributed by atoms with Crippen molar-refractivity contribution in [3.63, 3.8) is 0 Å². The van der Waals surface area contributed by atoms with Crippen LogP contribution < -0.4 is 0 Å². The number of esters is 1. The van der Waals surface area contributed by atoms with Crippen molar-refractivity contribution in [2.75, 3.05) is 0 Å². The number of carbonyl (C=O) groups is 2. The van der Waals surface area contributed by atoms with E-state index in [9.17, 15) is 14.7 Å². The second-order valence-electron chi connectivity index (χ2n) is 7.13. The second-order valence-corrected chi connectivity index (χ2v) is 7.13. The monoisotopic (exact) mass is 403 g/mol. The number of H-pyrrole nitrogens is 1. The smallest absolute Gasteiger partial charge is 0.340 e. The number of fused-ring (bicyclic) bond motifs is 1. The molecule has 1 aromatic carbocycles. The van der Waals surface area contributed by atoms with Gasteiger partial charge in [-0.3, -0.25) is 0 Å². The van der Waals surface area contributed by atoms with E-state index in [0.717, 1.165) is 17.0 Å². The Morgan fingerprint density at radius 3 is 2.90 bits per heavy atom. The Kier molecular flexibility index (Phi) is 6.68. The number of hydrogen-bond donors (Lipinski definition) is 3. The first-order valence-electron chi connectivity index (χ1n) is 9.50. The van der Waals surface area contributed by atoms with Crippen LogP contribution >= 0.6 is 0 Å². The largest absolute Gasteiger partial charge is 0.478 e. The summed E-state index contributed by atoms with van der Waals surface area (Å²) in [5, 5.41) is 19.8. The molecule has 3 N–H and O–H groups in total. The molecular weight excluding hydrogens is 378 g/mol. The molecule has 8 nitrogen and oxygen atoms in total. The van der Waals surface area contributed by atoms with Crippen LogP contribution in [0, 0.1) is 0 Å². The van der Waals surface area contributed by atoms with E-state index in [2.05, 4.69) is 4.98 Å². The third kappa shape index (κ3) is 5.23. The quantitative estimate of drug-likeness (QED) is 0.480. The SMILES string of the molecule is CC1O[C@@H](O[C@H](C)C/C=C/C(=O)O)[C@@H](O)C[C@H]1OC(=O)c1c[nH]c2ccccc12. The van der Waals surface area contributed by atoms with Gasteiger partial charge in [-0.15, -0.1) is 0 Å². The summed E-state index contributed by atoms with van der Waals surface area (Å²) in [6.07, 6.45) is 1.40. The average Bonchev–Trinajstić information content (AvgIpc) is 3.09. The first-order valence-corrected chi connectivity index (χ1v) is 9.50. The number of hydrogen-bond acceptors (Lipinski definition) is 6. The molecule has 3 rings (SSSR count). The lowest BCUT2D eigenvalue weighted by atomic mass is 10.0. The van der Waals surface area contributed by atoms with Gasteiger partial charge in [-0.25, -0.2) is 9.59 Å². The summed E-state index contributed by atoms with van der Waals surface area (Å²) in [6.45, 7) is 3.51. The highest BCUT2D eigenvalue weighted by molar-refractivity contribution is 6.04. The molecule has 0 bridgehead atoms. The Hall–Kier alpha value is -2.68. The molecule has 1 fully saturated rings. The van der Waals surface area contributed by atoms with Crippen molar-refractivity contribution in [2.45, 2.75) is 57.4 Å². The molecule has 0 amide bonds. The van der Waals surface area contributed by atoms with E-state index in [1.165, 1.54) is 6.08 Å². The molecule has 156 valence electrons. The van der Waals surface area contributed by atoms with Crippen LogP contribution in [0.3, 0.4) is 0 Å². The third-order valence-electron chi connectivity index (χ3n) is 4.82. The van der Waals surface area contributed by atoms with Gasteiger partial charge in [-0.05, 0) is 26.3 Å². The van der Waals surface area contributed by atoms with Crippen LogP contribution in [-0.2, 0) is 19.0 Å². The van der Waals surface area contributed by atoms with Gasteiger partial charge in [-0.1, -0.05) is 24.3 Å². The zero-order valence-electron chi connectivity index (χ0n) is 16.3. The van der Waals surface area contributed by atoms with Crippen LogP contribution in [0.2, 0.25) is 0 Å². The van der Waals surface area contributed by atoms with Crippen molar-refractivity contribution in [1.29, 1.82) is 0 Å². The number of aromatic nitrogens is 1. The van der Waals surface area contributed by atoms with Crippen LogP contribution in [0.15, 0.2) is 42.6 Å². The van der Waals surface area contributed by atoms with Gasteiger partial charge in [0, 0.05) is 29.6 Å². The zero-order valence-corrected chi connectivity index (χ0v) is 16.3.